The Labute approximate surface area is 129 Å². The number of rotatable bonds is 1. The van der Waals surface area contributed by atoms with E-state index in [-0.39, 0.29) is 6.23 Å². The molecule has 0 spiro atoms. The first-order valence-corrected chi connectivity index (χ1v) is 7.78. The van der Waals surface area contributed by atoms with E-state index in [2.05, 4.69) is 21.0 Å². The summed E-state index contributed by atoms with van der Waals surface area (Å²) in [6.45, 7) is 2.72. The maximum Gasteiger partial charge on any atom is 0.160 e. The Morgan fingerprint density at radius 2 is 2.21 bits per heavy atom. The fraction of sp³-hybridized carbons (Fsp3) is 0.462. The number of hydrogen-bond donors (Lipinski definition) is 0. The van der Waals surface area contributed by atoms with Crippen LogP contribution < -0.4 is 0 Å². The summed E-state index contributed by atoms with van der Waals surface area (Å²) >= 11 is 16.1. The highest BCUT2D eigenvalue weighted by molar-refractivity contribution is 9.10. The van der Waals surface area contributed by atoms with E-state index in [1.807, 2.05) is 17.7 Å². The molecule has 1 aliphatic rings. The van der Waals surface area contributed by atoms with Crippen molar-refractivity contribution in [3.05, 3.63) is 26.3 Å². The molecule has 3 nitrogen and oxygen atoms in total. The van der Waals surface area contributed by atoms with Crippen molar-refractivity contribution in [3.8, 4) is 0 Å². The van der Waals surface area contributed by atoms with Crippen LogP contribution in [0.3, 0.4) is 0 Å². The van der Waals surface area contributed by atoms with Gasteiger partial charge in [-0.25, -0.2) is 4.68 Å². The number of aromatic nitrogens is 2. The van der Waals surface area contributed by atoms with E-state index in [0.717, 1.165) is 46.8 Å². The second-order valence-electron chi connectivity index (χ2n) is 4.75. The summed E-state index contributed by atoms with van der Waals surface area (Å²) in [7, 11) is 0. The molecule has 1 aromatic carbocycles. The minimum Gasteiger partial charge on any atom is -0.356 e. The molecule has 2 heterocycles. The lowest BCUT2D eigenvalue weighted by atomic mass is 10.1. The van der Waals surface area contributed by atoms with Gasteiger partial charge < -0.3 is 4.74 Å². The molecule has 1 unspecified atom stereocenters. The topological polar surface area (TPSA) is 27.1 Å². The Bertz CT molecular complexity index is 635. The summed E-state index contributed by atoms with van der Waals surface area (Å²) in [5.41, 5.74) is 1.89. The standard InChI is InChI=1S/C13H13BrCl2N2O/c1-7-8(15)6-9-11(12(7)14)13(16)17-18(9)10-4-2-3-5-19-10/h6,10H,2-5H2,1H3. The van der Waals surface area contributed by atoms with Crippen molar-refractivity contribution in [3.63, 3.8) is 0 Å². The Kier molecular flexibility index (Phi) is 3.78. The van der Waals surface area contributed by atoms with Crippen molar-refractivity contribution in [2.45, 2.75) is 32.4 Å². The normalized spacial score (nSPS) is 20.1. The van der Waals surface area contributed by atoms with Gasteiger partial charge >= 0.3 is 0 Å². The van der Waals surface area contributed by atoms with Crippen LogP contribution in [0.5, 0.6) is 0 Å². The van der Waals surface area contributed by atoms with E-state index in [0.29, 0.717) is 10.2 Å². The Hall–Kier alpha value is -0.290. The van der Waals surface area contributed by atoms with Crippen LogP contribution >= 0.6 is 39.1 Å². The van der Waals surface area contributed by atoms with E-state index >= 15 is 0 Å². The zero-order chi connectivity index (χ0) is 13.6. The average molecular weight is 364 g/mol. The van der Waals surface area contributed by atoms with E-state index in [1.54, 1.807) is 0 Å². The SMILES string of the molecule is Cc1c(Cl)cc2c(c(Cl)nn2C2CCCCO2)c1Br. The van der Waals surface area contributed by atoms with Crippen LogP contribution in [0.2, 0.25) is 10.2 Å². The van der Waals surface area contributed by atoms with Gasteiger partial charge in [-0.05, 0) is 53.7 Å². The molecular formula is C13H13BrCl2N2O. The number of benzene rings is 1. The molecule has 19 heavy (non-hydrogen) atoms. The molecule has 3 rings (SSSR count). The van der Waals surface area contributed by atoms with E-state index in [4.69, 9.17) is 27.9 Å². The third kappa shape index (κ3) is 2.29. The van der Waals surface area contributed by atoms with Gasteiger partial charge in [-0.2, -0.15) is 5.10 Å². The molecule has 0 N–H and O–H groups in total. The molecule has 0 radical (unpaired) electrons. The average Bonchev–Trinajstić information content (AvgIpc) is 2.74. The first kappa shape index (κ1) is 13.7. The van der Waals surface area contributed by atoms with Crippen LogP contribution in [0.15, 0.2) is 10.5 Å². The Morgan fingerprint density at radius 1 is 1.42 bits per heavy atom. The van der Waals surface area contributed by atoms with Gasteiger partial charge in [-0.1, -0.05) is 23.2 Å². The fourth-order valence-electron chi connectivity index (χ4n) is 2.42. The van der Waals surface area contributed by atoms with Crippen molar-refractivity contribution in [2.24, 2.45) is 0 Å². The largest absolute Gasteiger partial charge is 0.356 e. The third-order valence-electron chi connectivity index (χ3n) is 3.50. The summed E-state index contributed by atoms with van der Waals surface area (Å²) in [4.78, 5) is 0. The van der Waals surface area contributed by atoms with Gasteiger partial charge in [-0.15, -0.1) is 0 Å². The molecule has 2 aromatic rings. The van der Waals surface area contributed by atoms with E-state index in [1.165, 1.54) is 0 Å². The van der Waals surface area contributed by atoms with Crippen LogP contribution in [0.1, 0.15) is 31.1 Å². The second-order valence-corrected chi connectivity index (χ2v) is 6.31. The quantitative estimate of drug-likeness (QED) is 0.703. The molecule has 1 aromatic heterocycles. The van der Waals surface area contributed by atoms with Gasteiger partial charge in [0.1, 0.15) is 0 Å². The third-order valence-corrected chi connectivity index (χ3v) is 5.15. The smallest absolute Gasteiger partial charge is 0.160 e. The molecule has 0 amide bonds. The van der Waals surface area contributed by atoms with Crippen LogP contribution in [0, 0.1) is 6.92 Å². The predicted molar refractivity (Wildman–Crippen MR) is 81.0 cm³/mol. The molecule has 6 heteroatoms. The monoisotopic (exact) mass is 362 g/mol. The minimum atomic E-state index is -0.0468. The van der Waals surface area contributed by atoms with Gasteiger partial charge in [0.2, 0.25) is 0 Å². The van der Waals surface area contributed by atoms with E-state index < -0.39 is 0 Å². The molecule has 1 fully saturated rings. The van der Waals surface area contributed by atoms with Crippen molar-refractivity contribution in [2.75, 3.05) is 6.61 Å². The number of ether oxygens (including phenoxy) is 1. The highest BCUT2D eigenvalue weighted by atomic mass is 79.9. The van der Waals surface area contributed by atoms with Crippen LogP contribution in [-0.2, 0) is 4.74 Å². The number of fused-ring (bicyclic) bond motifs is 1. The lowest BCUT2D eigenvalue weighted by Gasteiger charge is -2.23. The van der Waals surface area contributed by atoms with Crippen LogP contribution in [-0.4, -0.2) is 16.4 Å². The Morgan fingerprint density at radius 3 is 2.89 bits per heavy atom. The van der Waals surface area contributed by atoms with Crippen molar-refractivity contribution < 1.29 is 4.74 Å². The van der Waals surface area contributed by atoms with Gasteiger partial charge in [0.05, 0.1) is 10.9 Å². The maximum absolute atomic E-state index is 6.27. The lowest BCUT2D eigenvalue weighted by molar-refractivity contribution is -0.0366. The zero-order valence-corrected chi connectivity index (χ0v) is 13.5. The molecular weight excluding hydrogens is 351 g/mol. The van der Waals surface area contributed by atoms with Crippen LogP contribution in [0.4, 0.5) is 0 Å². The van der Waals surface area contributed by atoms with Gasteiger partial charge in [0, 0.05) is 16.1 Å². The number of hydrogen-bond acceptors (Lipinski definition) is 2. The molecule has 102 valence electrons. The van der Waals surface area contributed by atoms with Crippen molar-refractivity contribution in [1.29, 1.82) is 0 Å². The lowest BCUT2D eigenvalue weighted by Crippen LogP contribution is -2.19. The molecule has 1 saturated heterocycles. The first-order chi connectivity index (χ1) is 9.09. The van der Waals surface area contributed by atoms with Gasteiger partial charge in [-0.3, -0.25) is 0 Å². The number of halogens is 3. The highest BCUT2D eigenvalue weighted by Gasteiger charge is 2.23. The first-order valence-electron chi connectivity index (χ1n) is 6.23. The number of nitrogens with zero attached hydrogens (tertiary/aromatic N) is 2. The zero-order valence-electron chi connectivity index (χ0n) is 10.4. The predicted octanol–water partition coefficient (Wildman–Crippen LogP) is 5.11. The summed E-state index contributed by atoms with van der Waals surface area (Å²) in [6.07, 6.45) is 3.16. The molecule has 1 atom stereocenters. The van der Waals surface area contributed by atoms with Gasteiger partial charge in [0.15, 0.2) is 11.4 Å². The second kappa shape index (κ2) is 5.24. The summed E-state index contributed by atoms with van der Waals surface area (Å²) in [6, 6.07) is 1.91. The summed E-state index contributed by atoms with van der Waals surface area (Å²) in [5, 5.41) is 6.51. The molecule has 0 saturated carbocycles. The molecule has 1 aliphatic heterocycles. The summed E-state index contributed by atoms with van der Waals surface area (Å²) < 4.78 is 8.54. The van der Waals surface area contributed by atoms with Crippen molar-refractivity contribution in [1.82, 2.24) is 9.78 Å². The maximum atomic E-state index is 6.27. The highest BCUT2D eigenvalue weighted by Crippen LogP contribution is 2.38. The molecule has 0 bridgehead atoms. The Balaban J connectivity index is 2.21. The van der Waals surface area contributed by atoms with Crippen molar-refractivity contribution >= 4 is 50.0 Å². The molecule has 0 aliphatic carbocycles. The van der Waals surface area contributed by atoms with Gasteiger partial charge in [0.25, 0.3) is 0 Å². The van der Waals surface area contributed by atoms with Crippen LogP contribution in [0.25, 0.3) is 10.9 Å². The minimum absolute atomic E-state index is 0.0468. The van der Waals surface area contributed by atoms with E-state index in [9.17, 15) is 0 Å². The summed E-state index contributed by atoms with van der Waals surface area (Å²) in [5.74, 6) is 0. The fourth-order valence-corrected chi connectivity index (χ4v) is 3.72.